The smallest absolute Gasteiger partial charge is 0.305 e. The van der Waals surface area contributed by atoms with Crippen LogP contribution in [-0.4, -0.2) is 37.8 Å². The molecule has 0 heterocycles. The summed E-state index contributed by atoms with van der Waals surface area (Å²) in [6.07, 6.45) is 0.630. The largest absolute Gasteiger partial charge is 0.481 e. The first kappa shape index (κ1) is 17.5. The number of nitrogens with zero attached hydrogens (tertiary/aromatic N) is 1. The van der Waals surface area contributed by atoms with Crippen LogP contribution < -0.4 is 4.90 Å². The Balaban J connectivity index is 2.97. The van der Waals surface area contributed by atoms with Crippen LogP contribution in [0.5, 0.6) is 0 Å². The number of hydrogen-bond acceptors (Lipinski definition) is 4. The Hall–Kier alpha value is -1.56. The third kappa shape index (κ3) is 4.74. The van der Waals surface area contributed by atoms with Crippen LogP contribution in [0.1, 0.15) is 33.6 Å². The maximum Gasteiger partial charge on any atom is 0.305 e. The summed E-state index contributed by atoms with van der Waals surface area (Å²) in [5.41, 5.74) is 0.835. The van der Waals surface area contributed by atoms with Gasteiger partial charge in [0.1, 0.15) is 0 Å². The van der Waals surface area contributed by atoms with Crippen LogP contribution in [0.2, 0.25) is 0 Å². The highest BCUT2D eigenvalue weighted by Crippen LogP contribution is 2.22. The van der Waals surface area contributed by atoms with Gasteiger partial charge in [0, 0.05) is 18.3 Å². The second-order valence-electron chi connectivity index (χ2n) is 5.05. The standard InChI is InChI=1S/C15H23NO4S/c1-4-10-21(19,20)14-8-6-13(7-9-14)16(5-2)12(3)11-15(17)18/h6-9,12H,4-5,10-11H2,1-3H3,(H,17,18). The number of benzene rings is 1. The van der Waals surface area contributed by atoms with E-state index in [1.165, 1.54) is 0 Å². The monoisotopic (exact) mass is 313 g/mol. The van der Waals surface area contributed by atoms with Crippen molar-refractivity contribution >= 4 is 21.5 Å². The minimum atomic E-state index is -3.21. The van der Waals surface area contributed by atoms with Crippen molar-refractivity contribution in [3.63, 3.8) is 0 Å². The molecule has 0 radical (unpaired) electrons. The molecule has 0 saturated heterocycles. The lowest BCUT2D eigenvalue weighted by molar-refractivity contribution is -0.137. The van der Waals surface area contributed by atoms with E-state index in [0.717, 1.165) is 5.69 Å². The van der Waals surface area contributed by atoms with Crippen LogP contribution in [0.4, 0.5) is 5.69 Å². The topological polar surface area (TPSA) is 74.7 Å². The fourth-order valence-electron chi connectivity index (χ4n) is 2.34. The minimum Gasteiger partial charge on any atom is -0.481 e. The molecular formula is C15H23NO4S. The Labute approximate surface area is 126 Å². The van der Waals surface area contributed by atoms with Gasteiger partial charge in [-0.05, 0) is 44.5 Å². The molecular weight excluding hydrogens is 290 g/mol. The molecule has 1 N–H and O–H groups in total. The average molecular weight is 313 g/mol. The van der Waals surface area contributed by atoms with E-state index in [4.69, 9.17) is 5.11 Å². The number of rotatable bonds is 8. The van der Waals surface area contributed by atoms with Crippen molar-refractivity contribution in [3.8, 4) is 0 Å². The highest BCUT2D eigenvalue weighted by atomic mass is 32.2. The van der Waals surface area contributed by atoms with Gasteiger partial charge in [0.05, 0.1) is 17.1 Å². The molecule has 0 saturated carbocycles. The summed E-state index contributed by atoms with van der Waals surface area (Å²) in [6.45, 7) is 6.28. The Morgan fingerprint density at radius 3 is 2.24 bits per heavy atom. The van der Waals surface area contributed by atoms with Gasteiger partial charge in [-0.2, -0.15) is 0 Å². The van der Waals surface area contributed by atoms with Gasteiger partial charge in [0.2, 0.25) is 0 Å². The molecule has 0 bridgehead atoms. The van der Waals surface area contributed by atoms with Gasteiger partial charge in [-0.1, -0.05) is 6.92 Å². The van der Waals surface area contributed by atoms with Gasteiger partial charge >= 0.3 is 5.97 Å². The first-order valence-corrected chi connectivity index (χ1v) is 8.78. The lowest BCUT2D eigenvalue weighted by Crippen LogP contribution is -2.34. The molecule has 0 aromatic heterocycles. The third-order valence-corrected chi connectivity index (χ3v) is 5.28. The third-order valence-electron chi connectivity index (χ3n) is 3.34. The molecule has 1 aromatic carbocycles. The van der Waals surface area contributed by atoms with Gasteiger partial charge in [0.25, 0.3) is 0 Å². The first-order valence-electron chi connectivity index (χ1n) is 7.13. The summed E-state index contributed by atoms with van der Waals surface area (Å²) in [5, 5.41) is 8.88. The predicted molar refractivity (Wildman–Crippen MR) is 83.5 cm³/mol. The van der Waals surface area contributed by atoms with Gasteiger partial charge < -0.3 is 10.0 Å². The number of carboxylic acids is 1. The summed E-state index contributed by atoms with van der Waals surface area (Å²) in [5.74, 6) is -0.706. The summed E-state index contributed by atoms with van der Waals surface area (Å²) in [6, 6.07) is 6.52. The van der Waals surface area contributed by atoms with Gasteiger partial charge in [-0.25, -0.2) is 8.42 Å². The van der Waals surface area contributed by atoms with Gasteiger partial charge in [0.15, 0.2) is 9.84 Å². The second-order valence-corrected chi connectivity index (χ2v) is 7.15. The van der Waals surface area contributed by atoms with Gasteiger partial charge in [-0.15, -0.1) is 0 Å². The molecule has 1 unspecified atom stereocenters. The quantitative estimate of drug-likeness (QED) is 0.798. The van der Waals surface area contributed by atoms with E-state index in [1.807, 2.05) is 25.7 Å². The van der Waals surface area contributed by atoms with Crippen molar-refractivity contribution in [2.75, 3.05) is 17.2 Å². The molecule has 0 fully saturated rings. The predicted octanol–water partition coefficient (Wildman–Crippen LogP) is 2.56. The molecule has 1 aromatic rings. The average Bonchev–Trinajstić information content (AvgIpc) is 2.39. The number of hydrogen-bond donors (Lipinski definition) is 1. The molecule has 6 heteroatoms. The van der Waals surface area contributed by atoms with E-state index in [9.17, 15) is 13.2 Å². The molecule has 5 nitrogen and oxygen atoms in total. The number of aliphatic carboxylic acids is 1. The Morgan fingerprint density at radius 2 is 1.81 bits per heavy atom. The van der Waals surface area contributed by atoms with Crippen molar-refractivity contribution in [1.82, 2.24) is 0 Å². The first-order chi connectivity index (χ1) is 9.81. The lowest BCUT2D eigenvalue weighted by atomic mass is 10.1. The fourth-order valence-corrected chi connectivity index (χ4v) is 3.67. The molecule has 21 heavy (non-hydrogen) atoms. The summed E-state index contributed by atoms with van der Waals surface area (Å²) < 4.78 is 23.9. The second kappa shape index (κ2) is 7.45. The maximum atomic E-state index is 12.0. The number of sulfone groups is 1. The number of anilines is 1. The maximum absolute atomic E-state index is 12.0. The van der Waals surface area contributed by atoms with E-state index < -0.39 is 15.8 Å². The van der Waals surface area contributed by atoms with Crippen molar-refractivity contribution < 1.29 is 18.3 Å². The van der Waals surface area contributed by atoms with Gasteiger partial charge in [-0.3, -0.25) is 4.79 Å². The fraction of sp³-hybridized carbons (Fsp3) is 0.533. The molecule has 0 aliphatic rings. The van der Waals surface area contributed by atoms with Crippen molar-refractivity contribution in [1.29, 1.82) is 0 Å². The highest BCUT2D eigenvalue weighted by molar-refractivity contribution is 7.91. The molecule has 1 rings (SSSR count). The Kier molecular flexibility index (Phi) is 6.20. The normalized spacial score (nSPS) is 12.9. The van der Waals surface area contributed by atoms with Crippen molar-refractivity contribution in [2.45, 2.75) is 44.6 Å². The van der Waals surface area contributed by atoms with Crippen LogP contribution in [0, 0.1) is 0 Å². The van der Waals surface area contributed by atoms with Crippen molar-refractivity contribution in [2.24, 2.45) is 0 Å². The zero-order valence-electron chi connectivity index (χ0n) is 12.7. The Morgan fingerprint density at radius 1 is 1.24 bits per heavy atom. The summed E-state index contributed by atoms with van der Waals surface area (Å²) in [4.78, 5) is 13.1. The SMILES string of the molecule is CCCS(=O)(=O)c1ccc(N(CC)C(C)CC(=O)O)cc1. The summed E-state index contributed by atoms with van der Waals surface area (Å²) >= 11 is 0. The van der Waals surface area contributed by atoms with Crippen LogP contribution >= 0.6 is 0 Å². The Bertz CT molecular complexity index is 566. The zero-order valence-corrected chi connectivity index (χ0v) is 13.6. The number of carbonyl (C=O) groups is 1. The molecule has 118 valence electrons. The molecule has 0 amide bonds. The summed E-state index contributed by atoms with van der Waals surface area (Å²) in [7, 11) is -3.21. The van der Waals surface area contributed by atoms with Crippen LogP contribution in [0.15, 0.2) is 29.2 Å². The van der Waals surface area contributed by atoms with E-state index in [0.29, 0.717) is 17.9 Å². The number of carboxylic acid groups (broad SMARTS) is 1. The van der Waals surface area contributed by atoms with Crippen LogP contribution in [0.3, 0.4) is 0 Å². The zero-order chi connectivity index (χ0) is 16.0. The van der Waals surface area contributed by atoms with Crippen LogP contribution in [-0.2, 0) is 14.6 Å². The van der Waals surface area contributed by atoms with Crippen molar-refractivity contribution in [3.05, 3.63) is 24.3 Å². The van der Waals surface area contributed by atoms with E-state index in [-0.39, 0.29) is 18.2 Å². The lowest BCUT2D eigenvalue weighted by Gasteiger charge is -2.29. The highest BCUT2D eigenvalue weighted by Gasteiger charge is 2.17. The molecule has 1 atom stereocenters. The van der Waals surface area contributed by atoms with E-state index in [2.05, 4.69) is 0 Å². The van der Waals surface area contributed by atoms with E-state index in [1.54, 1.807) is 24.3 Å². The molecule has 0 aliphatic heterocycles. The minimum absolute atomic E-state index is 0.0454. The van der Waals surface area contributed by atoms with Crippen LogP contribution in [0.25, 0.3) is 0 Å². The molecule has 0 aliphatic carbocycles. The van der Waals surface area contributed by atoms with E-state index >= 15 is 0 Å². The molecule has 0 spiro atoms.